The summed E-state index contributed by atoms with van der Waals surface area (Å²) in [7, 11) is 2.02. The maximum Gasteiger partial charge on any atom is 0.329 e. The molecular formula is C21H21N3O3. The molecule has 138 valence electrons. The van der Waals surface area contributed by atoms with Gasteiger partial charge in [0, 0.05) is 30.7 Å². The number of carboxylic acid groups (broad SMARTS) is 1. The predicted octanol–water partition coefficient (Wildman–Crippen LogP) is 3.13. The van der Waals surface area contributed by atoms with Crippen molar-refractivity contribution in [2.75, 3.05) is 0 Å². The van der Waals surface area contributed by atoms with Crippen LogP contribution in [-0.4, -0.2) is 24.8 Å². The van der Waals surface area contributed by atoms with Gasteiger partial charge in [-0.05, 0) is 36.2 Å². The summed E-state index contributed by atoms with van der Waals surface area (Å²) in [6.45, 7) is 2.68. The van der Waals surface area contributed by atoms with Crippen molar-refractivity contribution in [2.45, 2.75) is 26.4 Å². The van der Waals surface area contributed by atoms with Gasteiger partial charge in [-0.15, -0.1) is 0 Å². The molecule has 0 unspecified atom stereocenters. The third-order valence-corrected chi connectivity index (χ3v) is 5.09. The van der Waals surface area contributed by atoms with E-state index >= 15 is 0 Å². The minimum absolute atomic E-state index is 0.0821. The molecule has 0 bridgehead atoms. The van der Waals surface area contributed by atoms with Gasteiger partial charge in [0.2, 0.25) is 0 Å². The second-order valence-electron chi connectivity index (χ2n) is 6.89. The van der Waals surface area contributed by atoms with E-state index in [0.29, 0.717) is 6.54 Å². The second kappa shape index (κ2) is 6.46. The van der Waals surface area contributed by atoms with Crippen molar-refractivity contribution in [3.63, 3.8) is 0 Å². The first-order valence-electron chi connectivity index (χ1n) is 8.90. The lowest BCUT2D eigenvalue weighted by molar-refractivity contribution is -0.137. The summed E-state index contributed by atoms with van der Waals surface area (Å²) in [5, 5.41) is 10.2. The van der Waals surface area contributed by atoms with Gasteiger partial charge in [0.1, 0.15) is 0 Å². The highest BCUT2D eigenvalue weighted by Crippen LogP contribution is 2.25. The van der Waals surface area contributed by atoms with E-state index in [4.69, 9.17) is 5.11 Å². The van der Waals surface area contributed by atoms with Crippen LogP contribution in [0.3, 0.4) is 0 Å². The quantitative estimate of drug-likeness (QED) is 0.592. The maximum atomic E-state index is 13.1. The van der Waals surface area contributed by atoms with E-state index < -0.39 is 5.97 Å². The van der Waals surface area contributed by atoms with E-state index in [1.54, 1.807) is 9.13 Å². The number of fused-ring (bicyclic) bond motifs is 2. The van der Waals surface area contributed by atoms with E-state index in [9.17, 15) is 9.59 Å². The Hall–Kier alpha value is -3.28. The van der Waals surface area contributed by atoms with E-state index in [-0.39, 0.29) is 18.7 Å². The highest BCUT2D eigenvalue weighted by Gasteiger charge is 2.16. The Kier molecular flexibility index (Phi) is 4.11. The minimum atomic E-state index is -0.914. The summed E-state index contributed by atoms with van der Waals surface area (Å²) >= 11 is 0. The van der Waals surface area contributed by atoms with Crippen molar-refractivity contribution in [1.82, 2.24) is 13.7 Å². The zero-order valence-electron chi connectivity index (χ0n) is 15.3. The Bertz CT molecular complexity index is 1230. The van der Waals surface area contributed by atoms with E-state index in [2.05, 4.69) is 23.8 Å². The molecule has 6 nitrogen and oxygen atoms in total. The van der Waals surface area contributed by atoms with Gasteiger partial charge < -0.3 is 9.67 Å². The number of benzene rings is 2. The third-order valence-electron chi connectivity index (χ3n) is 5.09. The number of aromatic nitrogens is 3. The van der Waals surface area contributed by atoms with Crippen LogP contribution in [0.2, 0.25) is 0 Å². The Morgan fingerprint density at radius 1 is 1.00 bits per heavy atom. The zero-order chi connectivity index (χ0) is 19.1. The van der Waals surface area contributed by atoms with E-state index in [1.165, 1.54) is 5.56 Å². The summed E-state index contributed by atoms with van der Waals surface area (Å²) < 4.78 is 5.38. The van der Waals surface area contributed by atoms with Crippen molar-refractivity contribution >= 4 is 27.9 Å². The number of carbonyl (C=O) groups is 1. The van der Waals surface area contributed by atoms with Gasteiger partial charge in [-0.3, -0.25) is 13.9 Å². The van der Waals surface area contributed by atoms with Gasteiger partial charge in [0.15, 0.2) is 0 Å². The molecule has 0 aliphatic rings. The number of rotatable bonds is 5. The molecule has 0 aliphatic carbocycles. The number of hydrogen-bond acceptors (Lipinski definition) is 2. The Balaban J connectivity index is 1.87. The zero-order valence-corrected chi connectivity index (χ0v) is 15.3. The molecule has 2 heterocycles. The molecule has 27 heavy (non-hydrogen) atoms. The van der Waals surface area contributed by atoms with Crippen LogP contribution in [0, 0.1) is 6.92 Å². The lowest BCUT2D eigenvalue weighted by Gasteiger charge is -2.07. The van der Waals surface area contributed by atoms with Crippen molar-refractivity contribution in [3.8, 4) is 0 Å². The van der Waals surface area contributed by atoms with Crippen molar-refractivity contribution in [2.24, 2.45) is 7.05 Å². The monoisotopic (exact) mass is 363 g/mol. The van der Waals surface area contributed by atoms with Gasteiger partial charge in [-0.1, -0.05) is 24.3 Å². The molecule has 2 aromatic heterocycles. The Morgan fingerprint density at radius 2 is 1.67 bits per heavy atom. The number of nitrogens with zero attached hydrogens (tertiary/aromatic N) is 3. The fraction of sp³-hybridized carbons (Fsp3) is 0.238. The lowest BCUT2D eigenvalue weighted by atomic mass is 10.1. The summed E-state index contributed by atoms with van der Waals surface area (Å²) in [4.78, 5) is 24.0. The first-order chi connectivity index (χ1) is 13.0. The minimum Gasteiger partial charge on any atom is -0.481 e. The highest BCUT2D eigenvalue weighted by atomic mass is 16.4. The van der Waals surface area contributed by atoms with Crippen LogP contribution >= 0.6 is 0 Å². The molecule has 0 radical (unpaired) electrons. The van der Waals surface area contributed by atoms with Gasteiger partial charge in [-0.25, -0.2) is 4.79 Å². The topological polar surface area (TPSA) is 69.2 Å². The van der Waals surface area contributed by atoms with Gasteiger partial charge in [0.05, 0.1) is 24.0 Å². The number of aliphatic carboxylic acids is 1. The molecule has 0 amide bonds. The van der Waals surface area contributed by atoms with Crippen LogP contribution in [0.15, 0.2) is 53.5 Å². The molecule has 0 saturated heterocycles. The Labute approximate surface area is 155 Å². The summed E-state index contributed by atoms with van der Waals surface area (Å²) in [6, 6.07) is 13.7. The molecule has 4 rings (SSSR count). The van der Waals surface area contributed by atoms with Crippen molar-refractivity contribution in [3.05, 3.63) is 70.3 Å². The van der Waals surface area contributed by atoms with E-state index in [1.807, 2.05) is 43.4 Å². The van der Waals surface area contributed by atoms with Crippen LogP contribution in [0.4, 0.5) is 0 Å². The van der Waals surface area contributed by atoms with Crippen molar-refractivity contribution in [1.29, 1.82) is 0 Å². The molecule has 2 aromatic carbocycles. The molecule has 1 N–H and O–H groups in total. The van der Waals surface area contributed by atoms with Gasteiger partial charge >= 0.3 is 11.7 Å². The number of para-hydroxylation sites is 2. The van der Waals surface area contributed by atoms with Crippen LogP contribution < -0.4 is 5.69 Å². The molecule has 6 heteroatoms. The second-order valence-corrected chi connectivity index (χ2v) is 6.89. The van der Waals surface area contributed by atoms with Crippen LogP contribution in [0.5, 0.6) is 0 Å². The molecular weight excluding hydrogens is 342 g/mol. The first kappa shape index (κ1) is 17.1. The van der Waals surface area contributed by atoms with E-state index in [0.717, 1.165) is 27.5 Å². The average molecular weight is 363 g/mol. The fourth-order valence-electron chi connectivity index (χ4n) is 3.91. The molecule has 0 aliphatic heterocycles. The number of imidazole rings is 1. The van der Waals surface area contributed by atoms with Gasteiger partial charge in [-0.2, -0.15) is 0 Å². The van der Waals surface area contributed by atoms with Crippen LogP contribution in [0.1, 0.15) is 17.5 Å². The molecule has 0 atom stereocenters. The van der Waals surface area contributed by atoms with Crippen LogP contribution in [-0.2, 0) is 24.9 Å². The largest absolute Gasteiger partial charge is 0.481 e. The molecule has 4 aromatic rings. The van der Waals surface area contributed by atoms with Crippen LogP contribution in [0.25, 0.3) is 21.9 Å². The number of carboxylic acids is 1. The fourth-order valence-corrected chi connectivity index (χ4v) is 3.91. The standard InChI is InChI=1S/C21H21N3O3/c1-14-12-22(2)18-9-5-6-15(20(14)18)13-24-17-8-4-3-7-16(17)23(21(24)27)11-10-19(25)26/h3-9,12H,10-11,13H2,1-2H3,(H,25,26). The predicted molar refractivity (Wildman–Crippen MR) is 105 cm³/mol. The lowest BCUT2D eigenvalue weighted by Crippen LogP contribution is -2.25. The number of hydrogen-bond donors (Lipinski definition) is 1. The third kappa shape index (κ3) is 2.83. The summed E-state index contributed by atoms with van der Waals surface area (Å²) in [6.07, 6.45) is 2.01. The average Bonchev–Trinajstić information content (AvgIpc) is 3.08. The molecule has 0 saturated carbocycles. The SMILES string of the molecule is Cc1cn(C)c2cccc(Cn3c(=O)n(CCC(=O)O)c4ccccc43)c12. The van der Waals surface area contributed by atoms with Gasteiger partial charge in [0.25, 0.3) is 0 Å². The Morgan fingerprint density at radius 3 is 2.37 bits per heavy atom. The number of aryl methyl sites for hydroxylation is 3. The normalized spacial score (nSPS) is 11.5. The molecule has 0 spiro atoms. The first-order valence-corrected chi connectivity index (χ1v) is 8.90. The van der Waals surface area contributed by atoms with Crippen molar-refractivity contribution < 1.29 is 9.90 Å². The molecule has 0 fully saturated rings. The smallest absolute Gasteiger partial charge is 0.329 e. The summed E-state index contributed by atoms with van der Waals surface area (Å²) in [5.74, 6) is -0.914. The summed E-state index contributed by atoms with van der Waals surface area (Å²) in [5.41, 5.74) is 4.79. The maximum absolute atomic E-state index is 13.1. The highest BCUT2D eigenvalue weighted by molar-refractivity contribution is 5.87.